The number of benzene rings is 5. The summed E-state index contributed by atoms with van der Waals surface area (Å²) in [6, 6.07) is 58.0. The summed E-state index contributed by atoms with van der Waals surface area (Å²) >= 11 is 0. The molecular formula is C50H80O9Si9. The third-order valence-electron chi connectivity index (χ3n) is 12.9. The highest BCUT2D eigenvalue weighted by molar-refractivity contribution is 7.03. The summed E-state index contributed by atoms with van der Waals surface area (Å²) in [5, 5.41) is 6.23. The third kappa shape index (κ3) is 15.8. The lowest BCUT2D eigenvalue weighted by Crippen LogP contribution is -2.67. The van der Waals surface area contributed by atoms with E-state index in [-0.39, 0.29) is 0 Å². The van der Waals surface area contributed by atoms with E-state index in [0.29, 0.717) is 6.61 Å². The van der Waals surface area contributed by atoms with Crippen molar-refractivity contribution >= 4 is 103 Å². The first-order chi connectivity index (χ1) is 32.2. The number of hydrogen-bond acceptors (Lipinski definition) is 9. The molecule has 0 heterocycles. The quantitative estimate of drug-likeness (QED) is 0.0345. The second-order valence-electron chi connectivity index (χ2n) is 20.0. The van der Waals surface area contributed by atoms with E-state index in [9.17, 15) is 0 Å². The fourth-order valence-electron chi connectivity index (χ4n) is 9.46. The van der Waals surface area contributed by atoms with E-state index in [1.807, 2.05) is 0 Å². The van der Waals surface area contributed by atoms with Crippen LogP contribution < -0.4 is 25.9 Å². The van der Waals surface area contributed by atoms with Crippen molar-refractivity contribution in [3.05, 3.63) is 152 Å². The zero-order chi connectivity index (χ0) is 49.6. The SMILES string of the molecule is CO[Si](CC[SiH2]OCCC[Si](C)(O[Si](C)(CC[Si](C)(C)O[Si](C)(c1ccccc1)c1ccccc1)O[Si](C)(C)O[Si](C)(C)c1ccccc1)O[Si](C)(c1ccccc1)c1ccccc1)(OC)OC. The molecule has 0 aromatic heterocycles. The molecule has 0 amide bonds. The van der Waals surface area contributed by atoms with Crippen LogP contribution in [0.5, 0.6) is 0 Å². The van der Waals surface area contributed by atoms with Crippen LogP contribution in [0.1, 0.15) is 6.42 Å². The van der Waals surface area contributed by atoms with Gasteiger partial charge in [0.15, 0.2) is 18.1 Å². The van der Waals surface area contributed by atoms with Gasteiger partial charge < -0.3 is 38.3 Å². The third-order valence-corrected chi connectivity index (χ3v) is 47.8. The van der Waals surface area contributed by atoms with Gasteiger partial charge in [-0.2, -0.15) is 0 Å². The fraction of sp³-hybridized carbons (Fsp3) is 0.400. The molecule has 2 unspecified atom stereocenters. The van der Waals surface area contributed by atoms with Crippen LogP contribution in [0.2, 0.25) is 95.7 Å². The van der Waals surface area contributed by atoms with Crippen LogP contribution in [0.4, 0.5) is 0 Å². The topological polar surface area (TPSA) is 83.1 Å². The van der Waals surface area contributed by atoms with Gasteiger partial charge in [0.2, 0.25) is 25.0 Å². The summed E-state index contributed by atoms with van der Waals surface area (Å²) < 4.78 is 62.1. The molecule has 9 nitrogen and oxygen atoms in total. The molecule has 5 rings (SSSR count). The van der Waals surface area contributed by atoms with E-state index in [0.717, 1.165) is 36.6 Å². The van der Waals surface area contributed by atoms with Gasteiger partial charge in [0.1, 0.15) is 0 Å². The minimum absolute atomic E-state index is 0.632. The molecule has 0 spiro atoms. The lowest BCUT2D eigenvalue weighted by Gasteiger charge is -2.46. The van der Waals surface area contributed by atoms with E-state index in [4.69, 9.17) is 38.3 Å². The molecule has 18 heteroatoms. The van der Waals surface area contributed by atoms with Gasteiger partial charge in [-0.25, -0.2) is 0 Å². The van der Waals surface area contributed by atoms with Crippen LogP contribution >= 0.6 is 0 Å². The predicted octanol–water partition coefficient (Wildman–Crippen LogP) is 8.80. The Balaban J connectivity index is 1.52. The van der Waals surface area contributed by atoms with Crippen LogP contribution in [0.25, 0.3) is 0 Å². The normalized spacial score (nSPS) is 15.1. The van der Waals surface area contributed by atoms with Gasteiger partial charge in [0.25, 0.3) is 0 Å². The Bertz CT molecular complexity index is 2140. The van der Waals surface area contributed by atoms with Gasteiger partial charge in [-0.05, 0) is 122 Å². The molecule has 0 fully saturated rings. The second-order valence-corrected chi connectivity index (χ2v) is 51.1. The highest BCUT2D eigenvalue weighted by atomic mass is 28.5. The molecule has 0 aliphatic heterocycles. The molecule has 0 saturated heterocycles. The Morgan fingerprint density at radius 1 is 0.382 bits per heavy atom. The van der Waals surface area contributed by atoms with E-state index in [2.05, 4.69) is 217 Å². The van der Waals surface area contributed by atoms with E-state index in [1.54, 1.807) is 21.3 Å². The molecule has 370 valence electrons. The number of rotatable bonds is 29. The maximum Gasteiger partial charge on any atom is 0.499 e. The highest BCUT2D eigenvalue weighted by Gasteiger charge is 2.53. The second kappa shape index (κ2) is 24.9. The zero-order valence-corrected chi connectivity index (χ0v) is 52.7. The van der Waals surface area contributed by atoms with E-state index < -0.39 is 77.5 Å². The molecule has 5 aromatic carbocycles. The monoisotopic (exact) mass is 1080 g/mol. The molecule has 0 bridgehead atoms. The van der Waals surface area contributed by atoms with Crippen molar-refractivity contribution < 1.29 is 38.3 Å². The molecule has 0 aliphatic rings. The van der Waals surface area contributed by atoms with Crippen molar-refractivity contribution in [3.63, 3.8) is 0 Å². The van der Waals surface area contributed by atoms with Crippen LogP contribution in [0.15, 0.2) is 152 Å². The first-order valence-corrected chi connectivity index (χ1v) is 46.4. The highest BCUT2D eigenvalue weighted by Crippen LogP contribution is 2.35. The average molecular weight is 1080 g/mol. The van der Waals surface area contributed by atoms with Crippen molar-refractivity contribution in [2.45, 2.75) is 102 Å². The van der Waals surface area contributed by atoms with E-state index >= 15 is 0 Å². The van der Waals surface area contributed by atoms with Crippen LogP contribution in [0, 0.1) is 0 Å². The van der Waals surface area contributed by atoms with E-state index in [1.165, 1.54) is 25.9 Å². The zero-order valence-electron chi connectivity index (χ0n) is 43.3. The number of hydrogen-bond donors (Lipinski definition) is 0. The molecule has 5 aromatic rings. The Morgan fingerprint density at radius 3 is 1.18 bits per heavy atom. The van der Waals surface area contributed by atoms with Gasteiger partial charge in [0.05, 0.1) is 0 Å². The molecule has 2 atom stereocenters. The molecule has 0 radical (unpaired) electrons. The van der Waals surface area contributed by atoms with Gasteiger partial charge in [-0.1, -0.05) is 152 Å². The van der Waals surface area contributed by atoms with Crippen LogP contribution in [0.3, 0.4) is 0 Å². The Labute approximate surface area is 420 Å². The Morgan fingerprint density at radius 2 is 0.765 bits per heavy atom. The summed E-state index contributed by atoms with van der Waals surface area (Å²) in [5.74, 6) is 0. The fourth-order valence-corrected chi connectivity index (χ4v) is 50.1. The van der Waals surface area contributed by atoms with Gasteiger partial charge >= 0.3 is 34.5 Å². The van der Waals surface area contributed by atoms with Gasteiger partial charge in [-0.3, -0.25) is 0 Å². The lowest BCUT2D eigenvalue weighted by molar-refractivity contribution is 0.125. The molecule has 68 heavy (non-hydrogen) atoms. The molecule has 0 N–H and O–H groups in total. The van der Waals surface area contributed by atoms with Crippen molar-refractivity contribution in [2.24, 2.45) is 0 Å². The first-order valence-electron chi connectivity index (χ1n) is 24.2. The lowest BCUT2D eigenvalue weighted by atomic mass is 10.4. The summed E-state index contributed by atoms with van der Waals surface area (Å²) in [7, 11) is -17.9. The maximum atomic E-state index is 7.96. The van der Waals surface area contributed by atoms with Crippen molar-refractivity contribution in [3.8, 4) is 0 Å². The summed E-state index contributed by atoms with van der Waals surface area (Å²) in [5.41, 5.74) is 0. The standard InChI is InChI=1S/C50H80O9Si9/c1-51-68(52-2,53-3)43-41-60-54-40-29-42-64(10,59-67(13,49-36-25-17-26-37-49)50-38-27-18-28-39-50)58-65(11,57-63(8,9)56-62(6,7)46-30-19-14-20-31-46)45-44-61(4,5)55-66(12,47-32-21-15-22-33-47)48-34-23-16-24-35-48/h14-28,30-39H,29,40-45,60H2,1-13H3. The Kier molecular flexibility index (Phi) is 20.7. The smallest absolute Gasteiger partial charge is 0.449 e. The Hall–Kier alpha value is -2.31. The summed E-state index contributed by atoms with van der Waals surface area (Å²) in [4.78, 5) is 0. The summed E-state index contributed by atoms with van der Waals surface area (Å²) in [6.45, 7) is 23.7. The van der Waals surface area contributed by atoms with Gasteiger partial charge in [-0.15, -0.1) is 0 Å². The van der Waals surface area contributed by atoms with Gasteiger partial charge in [0, 0.05) is 34.0 Å². The van der Waals surface area contributed by atoms with Crippen LogP contribution in [-0.2, 0) is 38.3 Å². The minimum Gasteiger partial charge on any atom is -0.449 e. The predicted molar refractivity (Wildman–Crippen MR) is 305 cm³/mol. The first kappa shape index (κ1) is 56.6. The maximum absolute atomic E-state index is 7.96. The van der Waals surface area contributed by atoms with Crippen molar-refractivity contribution in [2.75, 3.05) is 27.9 Å². The molecule has 0 aliphatic carbocycles. The van der Waals surface area contributed by atoms with Crippen LogP contribution in [-0.4, -0.2) is 105 Å². The minimum atomic E-state index is -3.16. The summed E-state index contributed by atoms with van der Waals surface area (Å²) in [6.07, 6.45) is 0.808. The molecule has 0 saturated carbocycles. The largest absolute Gasteiger partial charge is 0.499 e. The molecular weight excluding hydrogens is 997 g/mol. The van der Waals surface area contributed by atoms with Crippen molar-refractivity contribution in [1.82, 2.24) is 0 Å². The van der Waals surface area contributed by atoms with Crippen molar-refractivity contribution in [1.29, 1.82) is 0 Å². The average Bonchev–Trinajstić information content (AvgIpc) is 3.32.